The molecule has 4 amide bonds. The third-order valence-corrected chi connectivity index (χ3v) is 14.9. The average molecular weight is 978 g/mol. The summed E-state index contributed by atoms with van der Waals surface area (Å²) in [5.41, 5.74) is 6.84. The summed E-state index contributed by atoms with van der Waals surface area (Å²) >= 11 is 0.765. The number of likely N-dealkylation sites (tertiary alicyclic amines) is 2. The second-order valence-electron chi connectivity index (χ2n) is 18.5. The van der Waals surface area contributed by atoms with E-state index in [1.807, 2.05) is 65.6 Å². The van der Waals surface area contributed by atoms with Crippen molar-refractivity contribution in [2.45, 2.75) is 68.7 Å². The minimum atomic E-state index is -4.37. The second-order valence-corrected chi connectivity index (χ2v) is 19.8. The number of methoxy groups -OCH3 is 3. The second kappa shape index (κ2) is 20.0. The van der Waals surface area contributed by atoms with E-state index in [9.17, 15) is 32.3 Å². The molecule has 3 aliphatic rings. The van der Waals surface area contributed by atoms with Crippen molar-refractivity contribution in [2.24, 2.45) is 16.8 Å². The summed E-state index contributed by atoms with van der Waals surface area (Å²) < 4.78 is 55.3. The fourth-order valence-electron chi connectivity index (χ4n) is 10.2. The maximum Gasteiger partial charge on any atom is 0.407 e. The summed E-state index contributed by atoms with van der Waals surface area (Å²) in [7, 11) is 4.13. The van der Waals surface area contributed by atoms with E-state index in [4.69, 9.17) is 24.2 Å². The molecule has 6 atom stereocenters. The summed E-state index contributed by atoms with van der Waals surface area (Å²) in [4.78, 5) is 70.1. The zero-order valence-electron chi connectivity index (χ0n) is 39.3. The summed E-state index contributed by atoms with van der Waals surface area (Å²) in [6, 6.07) is 26.8. The molecule has 2 saturated heterocycles. The van der Waals surface area contributed by atoms with Crippen LogP contribution in [0.2, 0.25) is 0 Å². The third-order valence-electron chi connectivity index (χ3n) is 13.6. The number of hydrogen-bond donors (Lipinski definition) is 3. The van der Waals surface area contributed by atoms with E-state index in [1.54, 1.807) is 21.0 Å². The number of thioether (sulfide) groups is 1. The van der Waals surface area contributed by atoms with Crippen LogP contribution in [0.1, 0.15) is 55.7 Å². The van der Waals surface area contributed by atoms with Crippen LogP contribution in [0, 0.1) is 11.8 Å². The van der Waals surface area contributed by atoms with Gasteiger partial charge in [0.05, 0.1) is 55.4 Å². The van der Waals surface area contributed by atoms with Crippen LogP contribution < -0.4 is 10.6 Å². The van der Waals surface area contributed by atoms with E-state index < -0.39 is 53.4 Å². The lowest BCUT2D eigenvalue weighted by molar-refractivity contribution is -0.135. The number of halogens is 3. The van der Waals surface area contributed by atoms with E-state index in [-0.39, 0.29) is 36.8 Å². The molecular weight excluding hydrogens is 924 g/mol. The molecule has 366 valence electrons. The molecule has 0 bridgehead atoms. The van der Waals surface area contributed by atoms with Crippen LogP contribution in [0.25, 0.3) is 43.7 Å². The Hall–Kier alpha value is -6.66. The SMILES string of the molecule is COC[C@H]1C[C@@H](C2=Nc3ccc4cc(-c5ccc6c(ccc7[nH]c([C@@H]8C[C@H](SCC(F)(F)F)CN8C(=O)[C@@H](NC(=O)OC)C(C)C)nc76)c5)ccc4c3C2)N(C(=O)[C@H](NC(=O)OC)c2ccccc2)C1. The lowest BCUT2D eigenvalue weighted by Crippen LogP contribution is -2.51. The van der Waals surface area contributed by atoms with Crippen molar-refractivity contribution in [3.8, 4) is 11.1 Å². The van der Waals surface area contributed by atoms with Crippen molar-refractivity contribution >= 4 is 79.7 Å². The molecule has 14 nitrogen and oxygen atoms in total. The van der Waals surface area contributed by atoms with Gasteiger partial charge in [-0.2, -0.15) is 13.2 Å². The molecule has 0 aliphatic carbocycles. The van der Waals surface area contributed by atoms with E-state index in [1.165, 1.54) is 19.1 Å². The number of ether oxygens (including phenoxy) is 3. The van der Waals surface area contributed by atoms with E-state index in [0.717, 1.165) is 66.9 Å². The molecule has 0 spiro atoms. The average Bonchev–Trinajstić information content (AvgIpc) is 4.18. The van der Waals surface area contributed by atoms with E-state index in [2.05, 4.69) is 45.9 Å². The van der Waals surface area contributed by atoms with Crippen LogP contribution >= 0.6 is 11.8 Å². The molecule has 18 heteroatoms. The van der Waals surface area contributed by atoms with Gasteiger partial charge in [0.25, 0.3) is 0 Å². The van der Waals surface area contributed by atoms with Crippen molar-refractivity contribution in [2.75, 3.05) is 46.8 Å². The Morgan fingerprint density at radius 3 is 2.16 bits per heavy atom. The molecule has 70 heavy (non-hydrogen) atoms. The number of aromatic nitrogens is 2. The Labute approximate surface area is 406 Å². The molecule has 2 fully saturated rings. The number of amides is 4. The fourth-order valence-corrected chi connectivity index (χ4v) is 11.2. The first-order chi connectivity index (χ1) is 33.6. The Morgan fingerprint density at radius 2 is 1.47 bits per heavy atom. The molecule has 0 radical (unpaired) electrons. The van der Waals surface area contributed by atoms with Gasteiger partial charge in [0, 0.05) is 48.9 Å². The first-order valence-electron chi connectivity index (χ1n) is 23.2. The van der Waals surface area contributed by atoms with Gasteiger partial charge in [-0.1, -0.05) is 80.6 Å². The van der Waals surface area contributed by atoms with Crippen LogP contribution in [0.3, 0.4) is 0 Å². The molecule has 9 rings (SSSR count). The zero-order chi connectivity index (χ0) is 49.4. The van der Waals surface area contributed by atoms with Gasteiger partial charge in [-0.15, -0.1) is 11.8 Å². The summed E-state index contributed by atoms with van der Waals surface area (Å²) in [5.74, 6) is -1.50. The number of nitrogens with zero attached hydrogens (tertiary/aromatic N) is 4. The van der Waals surface area contributed by atoms with E-state index in [0.29, 0.717) is 42.9 Å². The predicted octanol–water partition coefficient (Wildman–Crippen LogP) is 9.44. The maximum atomic E-state index is 14.4. The van der Waals surface area contributed by atoms with Crippen molar-refractivity contribution < 1.29 is 46.6 Å². The normalized spacial score (nSPS) is 19.9. The number of carbonyl (C=O) groups is 4. The third kappa shape index (κ3) is 9.88. The van der Waals surface area contributed by atoms with Crippen LogP contribution in [0.4, 0.5) is 28.4 Å². The Kier molecular flexibility index (Phi) is 13.8. The molecule has 3 aliphatic heterocycles. The first-order valence-corrected chi connectivity index (χ1v) is 24.3. The number of alkyl carbamates (subject to hydrolysis) is 2. The highest BCUT2D eigenvalue weighted by Gasteiger charge is 2.44. The highest BCUT2D eigenvalue weighted by atomic mass is 32.2. The minimum Gasteiger partial charge on any atom is -0.453 e. The standard InChI is InChI=1S/C52H54F3N7O7S/c1-28(2)44(59-50(65)68-4)48(63)62-25-35(70-27-52(53,54)55)22-43(62)47-57-40-18-14-34-21-32(12-16-37(34)46(40)58-47)31-11-15-36-33(20-31)13-17-39-38(36)23-41(56-39)42-19-29(26-67-3)24-61(42)49(64)45(60-51(66)69-5)30-9-7-6-8-10-30/h6-18,20-21,28-29,35,42-45H,19,22-27H2,1-5H3,(H,57,58)(H,59,65)(H,60,66)/t29-,35-,42-,43-,44-,45+/m0/s1. The van der Waals surface area contributed by atoms with Crippen LogP contribution in [-0.2, 0) is 30.2 Å². The maximum absolute atomic E-state index is 14.4. The van der Waals surface area contributed by atoms with Crippen LogP contribution in [0.5, 0.6) is 0 Å². The molecular formula is C52H54F3N7O7S. The molecule has 5 aromatic carbocycles. The van der Waals surface area contributed by atoms with Gasteiger partial charge < -0.3 is 39.6 Å². The zero-order valence-corrected chi connectivity index (χ0v) is 40.2. The van der Waals surface area contributed by atoms with Gasteiger partial charge in [-0.25, -0.2) is 14.6 Å². The number of aromatic amines is 1. The molecule has 0 unspecified atom stereocenters. The lowest BCUT2D eigenvalue weighted by atomic mass is 9.94. The molecule has 3 N–H and O–H groups in total. The Balaban J connectivity index is 0.966. The molecule has 4 heterocycles. The Bertz CT molecular complexity index is 3000. The topological polar surface area (TPSA) is 168 Å². The predicted molar refractivity (Wildman–Crippen MR) is 263 cm³/mol. The monoisotopic (exact) mass is 977 g/mol. The van der Waals surface area contributed by atoms with Gasteiger partial charge in [-0.05, 0) is 81.4 Å². The van der Waals surface area contributed by atoms with Gasteiger partial charge >= 0.3 is 18.4 Å². The van der Waals surface area contributed by atoms with Gasteiger partial charge in [0.1, 0.15) is 17.9 Å². The number of hydrogen-bond acceptors (Lipinski definition) is 10. The quantitative estimate of drug-likeness (QED) is 0.102. The molecule has 1 aromatic heterocycles. The summed E-state index contributed by atoms with van der Waals surface area (Å²) in [5, 5.41) is 8.73. The summed E-state index contributed by atoms with van der Waals surface area (Å²) in [6.45, 7) is 4.55. The Morgan fingerprint density at radius 1 is 0.800 bits per heavy atom. The molecule has 6 aromatic rings. The highest BCUT2D eigenvalue weighted by molar-refractivity contribution is 8.00. The highest BCUT2D eigenvalue weighted by Crippen LogP contribution is 2.42. The van der Waals surface area contributed by atoms with Crippen LogP contribution in [0.15, 0.2) is 96.0 Å². The number of nitrogens with one attached hydrogen (secondary N) is 3. The van der Waals surface area contributed by atoms with Crippen molar-refractivity contribution in [3.63, 3.8) is 0 Å². The number of aliphatic imine (C=N–C) groups is 1. The van der Waals surface area contributed by atoms with Crippen molar-refractivity contribution in [1.82, 2.24) is 30.4 Å². The number of rotatable bonds is 13. The van der Waals surface area contributed by atoms with Crippen LogP contribution in [-0.4, -0.2) is 120 Å². The van der Waals surface area contributed by atoms with Crippen molar-refractivity contribution in [3.05, 3.63) is 108 Å². The number of benzene rings is 5. The summed E-state index contributed by atoms with van der Waals surface area (Å²) in [6.07, 6.45) is -4.38. The van der Waals surface area contributed by atoms with Crippen molar-refractivity contribution in [1.29, 1.82) is 0 Å². The largest absolute Gasteiger partial charge is 0.453 e. The smallest absolute Gasteiger partial charge is 0.407 e. The molecule has 0 saturated carbocycles. The lowest BCUT2D eigenvalue weighted by Gasteiger charge is -2.30. The number of imidazole rings is 1. The number of fused-ring (bicyclic) bond motifs is 6. The fraction of sp³-hybridized carbons (Fsp3) is 0.385. The first kappa shape index (κ1) is 48.4. The van der Waals surface area contributed by atoms with Gasteiger partial charge in [-0.3, -0.25) is 14.6 Å². The minimum absolute atomic E-state index is 0.0584. The van der Waals surface area contributed by atoms with Gasteiger partial charge in [0.15, 0.2) is 0 Å². The number of alkyl halides is 3. The number of H-pyrrole nitrogens is 1. The van der Waals surface area contributed by atoms with Gasteiger partial charge in [0.2, 0.25) is 11.8 Å². The number of carbonyl (C=O) groups excluding carboxylic acids is 4. The van der Waals surface area contributed by atoms with E-state index >= 15 is 0 Å².